The molecule has 4 nitrogen and oxygen atoms in total. The average Bonchev–Trinajstić information content (AvgIpc) is 2.71. The Morgan fingerprint density at radius 3 is 2.09 bits per heavy atom. The lowest BCUT2D eigenvalue weighted by atomic mass is 9.33. The van der Waals surface area contributed by atoms with Gasteiger partial charge in [-0.15, -0.1) is 0 Å². The molecule has 4 heteroatoms. The van der Waals surface area contributed by atoms with Gasteiger partial charge >= 0.3 is 0 Å². The molecule has 4 N–H and O–H groups in total. The van der Waals surface area contributed by atoms with Crippen LogP contribution in [0.2, 0.25) is 0 Å². The topological polar surface area (TPSA) is 80.9 Å². The SMILES string of the molecule is CC1(C)C[C@H](O)[C@]2(CO)[C@H](O)C[C@]3(C)C(=CCC4[C@@]5(C)CC[C@H](O)C(C)(C)C5CC[C@]43C)[C@@H]2C1. The van der Waals surface area contributed by atoms with E-state index in [-0.39, 0.29) is 45.7 Å². The van der Waals surface area contributed by atoms with Gasteiger partial charge in [0, 0.05) is 0 Å². The number of fused-ring (bicyclic) bond motifs is 7. The van der Waals surface area contributed by atoms with E-state index in [0.717, 1.165) is 38.5 Å². The summed E-state index contributed by atoms with van der Waals surface area (Å²) in [5.41, 5.74) is 0.539. The van der Waals surface area contributed by atoms with Crippen molar-refractivity contribution >= 4 is 0 Å². The van der Waals surface area contributed by atoms with Crippen molar-refractivity contribution in [3.05, 3.63) is 11.6 Å². The first-order valence-corrected chi connectivity index (χ1v) is 14.0. The average molecular weight is 475 g/mol. The van der Waals surface area contributed by atoms with Gasteiger partial charge in [-0.05, 0) is 96.2 Å². The lowest BCUT2D eigenvalue weighted by Crippen LogP contribution is -2.69. The Hall–Kier alpha value is -0.420. The maximum absolute atomic E-state index is 11.7. The Balaban J connectivity index is 1.62. The zero-order valence-corrected chi connectivity index (χ0v) is 22.7. The number of hydrogen-bond acceptors (Lipinski definition) is 4. The van der Waals surface area contributed by atoms with Gasteiger partial charge in [0.1, 0.15) is 0 Å². The third-order valence-corrected chi connectivity index (χ3v) is 13.1. The minimum Gasteiger partial charge on any atom is -0.396 e. The molecule has 34 heavy (non-hydrogen) atoms. The summed E-state index contributed by atoms with van der Waals surface area (Å²) in [5, 5.41) is 44.6. The second-order valence-corrected chi connectivity index (χ2v) is 15.3. The van der Waals surface area contributed by atoms with Gasteiger partial charge < -0.3 is 20.4 Å². The summed E-state index contributed by atoms with van der Waals surface area (Å²) < 4.78 is 0. The minimum absolute atomic E-state index is 0.0120. The lowest BCUT2D eigenvalue weighted by molar-refractivity contribution is -0.235. The van der Waals surface area contributed by atoms with Crippen molar-refractivity contribution in [2.75, 3.05) is 6.61 Å². The van der Waals surface area contributed by atoms with Crippen LogP contribution >= 0.6 is 0 Å². The fourth-order valence-corrected chi connectivity index (χ4v) is 10.9. The monoisotopic (exact) mass is 474 g/mol. The van der Waals surface area contributed by atoms with Crippen LogP contribution in [-0.4, -0.2) is 45.3 Å². The summed E-state index contributed by atoms with van der Waals surface area (Å²) in [7, 11) is 0. The molecule has 5 rings (SSSR count). The van der Waals surface area contributed by atoms with Crippen molar-refractivity contribution in [1.29, 1.82) is 0 Å². The zero-order valence-electron chi connectivity index (χ0n) is 22.7. The van der Waals surface area contributed by atoms with Crippen LogP contribution in [-0.2, 0) is 0 Å². The molecule has 0 amide bonds. The number of aliphatic hydroxyl groups excluding tert-OH is 4. The molecule has 0 radical (unpaired) electrons. The van der Waals surface area contributed by atoms with Crippen molar-refractivity contribution in [2.24, 2.45) is 50.2 Å². The molecule has 4 fully saturated rings. The normalized spacial score (nSPS) is 55.8. The van der Waals surface area contributed by atoms with Crippen LogP contribution in [0.3, 0.4) is 0 Å². The second kappa shape index (κ2) is 7.33. The maximum Gasteiger partial charge on any atom is 0.0657 e. The predicted octanol–water partition coefficient (Wildman–Crippen LogP) is 5.08. The summed E-state index contributed by atoms with van der Waals surface area (Å²) >= 11 is 0. The first-order chi connectivity index (χ1) is 15.6. The summed E-state index contributed by atoms with van der Waals surface area (Å²) in [6, 6.07) is 0. The molecule has 4 saturated carbocycles. The Kier molecular flexibility index (Phi) is 5.44. The van der Waals surface area contributed by atoms with Crippen LogP contribution in [0, 0.1) is 50.2 Å². The van der Waals surface area contributed by atoms with E-state index in [9.17, 15) is 20.4 Å². The number of aliphatic hydroxyl groups is 4. The molecule has 0 aliphatic heterocycles. The molecule has 2 unspecified atom stereocenters. The summed E-state index contributed by atoms with van der Waals surface area (Å²) in [6.45, 7) is 16.2. The van der Waals surface area contributed by atoms with Crippen LogP contribution in [0.25, 0.3) is 0 Å². The van der Waals surface area contributed by atoms with E-state index < -0.39 is 17.6 Å². The number of rotatable bonds is 1. The van der Waals surface area contributed by atoms with Crippen LogP contribution in [0.4, 0.5) is 0 Å². The quantitative estimate of drug-likeness (QED) is 0.399. The highest BCUT2D eigenvalue weighted by molar-refractivity contribution is 5.35. The van der Waals surface area contributed by atoms with E-state index in [0.29, 0.717) is 24.7 Å². The molecular formula is C30H50O4. The fraction of sp³-hybridized carbons (Fsp3) is 0.933. The van der Waals surface area contributed by atoms with Crippen molar-refractivity contribution in [1.82, 2.24) is 0 Å². The van der Waals surface area contributed by atoms with Crippen molar-refractivity contribution in [3.8, 4) is 0 Å². The van der Waals surface area contributed by atoms with Crippen molar-refractivity contribution in [3.63, 3.8) is 0 Å². The van der Waals surface area contributed by atoms with Gasteiger partial charge in [0.05, 0.1) is 30.3 Å². The van der Waals surface area contributed by atoms with E-state index in [1.165, 1.54) is 5.57 Å². The molecule has 0 saturated heterocycles. The van der Waals surface area contributed by atoms with Gasteiger partial charge in [-0.25, -0.2) is 0 Å². The maximum atomic E-state index is 11.7. The van der Waals surface area contributed by atoms with Crippen molar-refractivity contribution < 1.29 is 20.4 Å². The Bertz CT molecular complexity index is 877. The zero-order chi connectivity index (χ0) is 25.1. The molecule has 194 valence electrons. The van der Waals surface area contributed by atoms with E-state index >= 15 is 0 Å². The third-order valence-electron chi connectivity index (χ3n) is 13.1. The van der Waals surface area contributed by atoms with E-state index in [1.54, 1.807) is 0 Å². The molecule has 5 aliphatic carbocycles. The minimum atomic E-state index is -0.845. The van der Waals surface area contributed by atoms with Gasteiger partial charge in [-0.1, -0.05) is 60.1 Å². The van der Waals surface area contributed by atoms with E-state index in [2.05, 4.69) is 54.5 Å². The van der Waals surface area contributed by atoms with Gasteiger partial charge in [-0.3, -0.25) is 0 Å². The fourth-order valence-electron chi connectivity index (χ4n) is 10.9. The highest BCUT2D eigenvalue weighted by atomic mass is 16.3. The highest BCUT2D eigenvalue weighted by Crippen LogP contribution is 2.75. The van der Waals surface area contributed by atoms with Gasteiger partial charge in [-0.2, -0.15) is 0 Å². The standard InChI is InChI=1S/C30H50O4/c1-25(2)14-19-18-8-9-21-27(5)12-11-22(32)26(3,4)20(27)10-13-28(21,6)29(18,7)16-24(34)30(19,17-31)23(33)15-25/h8,19-24,31-34H,9-17H2,1-7H3/t19-,20?,21?,22-,23-,24+,27-,28+,29+,30+/m0/s1. The molecule has 0 aromatic heterocycles. The Morgan fingerprint density at radius 2 is 1.44 bits per heavy atom. The first-order valence-electron chi connectivity index (χ1n) is 14.0. The smallest absolute Gasteiger partial charge is 0.0657 e. The van der Waals surface area contributed by atoms with Gasteiger partial charge in [0.15, 0.2) is 0 Å². The van der Waals surface area contributed by atoms with E-state index in [4.69, 9.17) is 0 Å². The molecule has 5 aliphatic rings. The molecular weight excluding hydrogens is 424 g/mol. The van der Waals surface area contributed by atoms with Crippen molar-refractivity contribution in [2.45, 2.75) is 118 Å². The Labute approximate surface area is 207 Å². The summed E-state index contributed by atoms with van der Waals surface area (Å²) in [5.74, 6) is 1.02. The molecule has 0 aromatic carbocycles. The molecule has 0 bridgehead atoms. The summed E-state index contributed by atoms with van der Waals surface area (Å²) in [6.07, 6.45) is 8.23. The van der Waals surface area contributed by atoms with Crippen LogP contribution < -0.4 is 0 Å². The van der Waals surface area contributed by atoms with Crippen LogP contribution in [0.15, 0.2) is 11.6 Å². The molecule has 0 heterocycles. The van der Waals surface area contributed by atoms with Crippen LogP contribution in [0.5, 0.6) is 0 Å². The lowest BCUT2D eigenvalue weighted by Gasteiger charge is -2.72. The van der Waals surface area contributed by atoms with Gasteiger partial charge in [0.25, 0.3) is 0 Å². The first kappa shape index (κ1) is 25.2. The largest absolute Gasteiger partial charge is 0.396 e. The molecule has 10 atom stereocenters. The summed E-state index contributed by atoms with van der Waals surface area (Å²) in [4.78, 5) is 0. The third kappa shape index (κ3) is 2.86. The molecule has 0 aromatic rings. The predicted molar refractivity (Wildman–Crippen MR) is 135 cm³/mol. The highest BCUT2D eigenvalue weighted by Gasteiger charge is 2.70. The Morgan fingerprint density at radius 1 is 0.794 bits per heavy atom. The van der Waals surface area contributed by atoms with Crippen LogP contribution in [0.1, 0.15) is 99.8 Å². The van der Waals surface area contributed by atoms with E-state index in [1.807, 2.05) is 0 Å². The molecule has 0 spiro atoms. The second-order valence-electron chi connectivity index (χ2n) is 15.3. The number of allylic oxidation sites excluding steroid dienone is 2. The van der Waals surface area contributed by atoms with Gasteiger partial charge in [0.2, 0.25) is 0 Å². The number of hydrogen-bond donors (Lipinski definition) is 4.